The van der Waals surface area contributed by atoms with Gasteiger partial charge in [-0.15, -0.1) is 0 Å². The zero-order chi connectivity index (χ0) is 22.7. The highest BCUT2D eigenvalue weighted by Crippen LogP contribution is 2.37. The van der Waals surface area contributed by atoms with Crippen molar-refractivity contribution in [1.29, 1.82) is 5.26 Å². The van der Waals surface area contributed by atoms with Gasteiger partial charge in [0.15, 0.2) is 0 Å². The molecule has 0 spiro atoms. The Morgan fingerprint density at radius 1 is 0.727 bits per heavy atom. The molecule has 2 amide bonds. The fourth-order valence-electron chi connectivity index (χ4n) is 4.75. The lowest BCUT2D eigenvalue weighted by Gasteiger charge is -2.12. The van der Waals surface area contributed by atoms with Crippen molar-refractivity contribution in [2.24, 2.45) is 0 Å². The highest BCUT2D eigenvalue weighted by atomic mass is 16.2. The van der Waals surface area contributed by atoms with Crippen LogP contribution in [0.15, 0.2) is 84.9 Å². The lowest BCUT2D eigenvalue weighted by atomic mass is 10.0. The molecule has 0 saturated carbocycles. The van der Waals surface area contributed by atoms with Crippen molar-refractivity contribution in [1.82, 2.24) is 9.47 Å². The third kappa shape index (κ3) is 2.65. The zero-order valence-electron chi connectivity index (χ0n) is 17.7. The van der Waals surface area contributed by atoms with Crippen LogP contribution in [0.25, 0.3) is 38.6 Å². The van der Waals surface area contributed by atoms with Crippen molar-refractivity contribution in [2.45, 2.75) is 0 Å². The summed E-state index contributed by atoms with van der Waals surface area (Å²) in [5.74, 6) is -0.582. The molecular formula is C28H17N3O2. The molecule has 5 aromatic rings. The average Bonchev–Trinajstić information content (AvgIpc) is 3.31. The van der Waals surface area contributed by atoms with E-state index in [2.05, 4.69) is 28.8 Å². The van der Waals surface area contributed by atoms with Gasteiger partial charge in [-0.1, -0.05) is 48.5 Å². The zero-order valence-corrected chi connectivity index (χ0v) is 17.7. The fraction of sp³-hybridized carbons (Fsp3) is 0.0357. The van der Waals surface area contributed by atoms with Gasteiger partial charge >= 0.3 is 0 Å². The van der Waals surface area contributed by atoms with E-state index in [0.29, 0.717) is 22.4 Å². The third-order valence-electron chi connectivity index (χ3n) is 6.34. The van der Waals surface area contributed by atoms with Gasteiger partial charge in [-0.25, -0.2) is 0 Å². The molecule has 156 valence electrons. The molecule has 5 nitrogen and oxygen atoms in total. The molecule has 33 heavy (non-hydrogen) atoms. The number of rotatable bonds is 2. The van der Waals surface area contributed by atoms with Crippen molar-refractivity contribution in [3.05, 3.63) is 102 Å². The van der Waals surface area contributed by atoms with E-state index in [-0.39, 0.29) is 11.8 Å². The van der Waals surface area contributed by atoms with Crippen LogP contribution in [0.2, 0.25) is 0 Å². The van der Waals surface area contributed by atoms with Crippen LogP contribution < -0.4 is 0 Å². The van der Waals surface area contributed by atoms with Gasteiger partial charge in [0.2, 0.25) is 0 Å². The van der Waals surface area contributed by atoms with E-state index in [1.54, 1.807) is 12.1 Å². The molecule has 0 atom stereocenters. The Bertz CT molecular complexity index is 1690. The fourth-order valence-corrected chi connectivity index (χ4v) is 4.75. The molecule has 5 heteroatoms. The summed E-state index contributed by atoms with van der Waals surface area (Å²) in [6.07, 6.45) is 0. The monoisotopic (exact) mass is 427 g/mol. The standard InChI is InChI=1S/C28H17N3O2/c1-30-27(32)22-9-5-11-24(26(22)28(30)33)31-23-10-3-2-8-20(23)21-13-12-19(15-25(21)31)18-7-4-6-17(14-18)16-29/h2-15H,1H3. The lowest BCUT2D eigenvalue weighted by molar-refractivity contribution is 0.0693. The second kappa shape index (κ2) is 6.91. The minimum Gasteiger partial charge on any atom is -0.308 e. The number of imide groups is 1. The number of nitrogens with zero attached hydrogens (tertiary/aromatic N) is 3. The van der Waals surface area contributed by atoms with Crippen LogP contribution >= 0.6 is 0 Å². The Morgan fingerprint density at radius 3 is 2.33 bits per heavy atom. The first-order chi connectivity index (χ1) is 16.1. The van der Waals surface area contributed by atoms with Gasteiger partial charge in [-0.05, 0) is 47.5 Å². The maximum Gasteiger partial charge on any atom is 0.263 e. The number of para-hydroxylation sites is 1. The Kier molecular flexibility index (Phi) is 3.98. The van der Waals surface area contributed by atoms with E-state index in [1.165, 1.54) is 11.9 Å². The SMILES string of the molecule is CN1C(=O)c2cccc(-n3c4ccccc4c4ccc(-c5cccc(C#N)c5)cc43)c2C1=O. The van der Waals surface area contributed by atoms with E-state index in [9.17, 15) is 14.9 Å². The van der Waals surface area contributed by atoms with Gasteiger partial charge in [-0.3, -0.25) is 14.5 Å². The molecule has 0 bridgehead atoms. The number of carbonyl (C=O) groups is 2. The number of aromatic nitrogens is 1. The molecule has 1 aromatic heterocycles. The molecule has 0 fully saturated rings. The van der Waals surface area contributed by atoms with Crippen LogP contribution in [0.1, 0.15) is 26.3 Å². The summed E-state index contributed by atoms with van der Waals surface area (Å²) in [6.45, 7) is 0. The highest BCUT2D eigenvalue weighted by molar-refractivity contribution is 6.23. The van der Waals surface area contributed by atoms with E-state index in [4.69, 9.17) is 0 Å². The molecule has 6 rings (SSSR count). The van der Waals surface area contributed by atoms with Gasteiger partial charge in [0, 0.05) is 17.8 Å². The predicted molar refractivity (Wildman–Crippen MR) is 127 cm³/mol. The largest absolute Gasteiger partial charge is 0.308 e. The van der Waals surface area contributed by atoms with Crippen LogP contribution in [0.5, 0.6) is 0 Å². The molecule has 4 aromatic carbocycles. The second-order valence-electron chi connectivity index (χ2n) is 8.15. The molecule has 1 aliphatic rings. The number of fused-ring (bicyclic) bond motifs is 4. The summed E-state index contributed by atoms with van der Waals surface area (Å²) < 4.78 is 2.06. The van der Waals surface area contributed by atoms with Crippen molar-refractivity contribution in [3.8, 4) is 22.9 Å². The number of carbonyl (C=O) groups excluding carboxylic acids is 2. The number of hydrogen-bond acceptors (Lipinski definition) is 3. The summed E-state index contributed by atoms with van der Waals surface area (Å²) in [6, 6.07) is 29.4. The Hall–Kier alpha value is -4.69. The van der Waals surface area contributed by atoms with Crippen LogP contribution in [-0.2, 0) is 0 Å². The molecule has 0 saturated heterocycles. The van der Waals surface area contributed by atoms with Crippen molar-refractivity contribution in [3.63, 3.8) is 0 Å². The van der Waals surface area contributed by atoms with Crippen molar-refractivity contribution in [2.75, 3.05) is 7.05 Å². The average molecular weight is 427 g/mol. The van der Waals surface area contributed by atoms with E-state index >= 15 is 0 Å². The molecule has 0 unspecified atom stereocenters. The summed E-state index contributed by atoms with van der Waals surface area (Å²) >= 11 is 0. The van der Waals surface area contributed by atoms with E-state index < -0.39 is 0 Å². The minimum absolute atomic E-state index is 0.286. The Labute approximate surface area is 189 Å². The highest BCUT2D eigenvalue weighted by Gasteiger charge is 2.35. The quantitative estimate of drug-likeness (QED) is 0.347. The molecule has 2 heterocycles. The van der Waals surface area contributed by atoms with Gasteiger partial charge < -0.3 is 4.57 Å². The van der Waals surface area contributed by atoms with Crippen LogP contribution in [0, 0.1) is 11.3 Å². The van der Waals surface area contributed by atoms with Crippen molar-refractivity contribution >= 4 is 33.6 Å². The first-order valence-electron chi connectivity index (χ1n) is 10.6. The van der Waals surface area contributed by atoms with Gasteiger partial charge in [0.25, 0.3) is 11.8 Å². The summed E-state index contributed by atoms with van der Waals surface area (Å²) in [5.41, 5.74) is 5.92. The molecule has 1 aliphatic heterocycles. The second-order valence-corrected chi connectivity index (χ2v) is 8.15. The first kappa shape index (κ1) is 19.0. The Balaban J connectivity index is 1.70. The normalized spacial score (nSPS) is 13.0. The smallest absolute Gasteiger partial charge is 0.263 e. The first-order valence-corrected chi connectivity index (χ1v) is 10.6. The predicted octanol–water partition coefficient (Wildman–Crippen LogP) is 5.55. The maximum atomic E-state index is 13.0. The number of nitriles is 1. The topological polar surface area (TPSA) is 66.1 Å². The maximum absolute atomic E-state index is 13.0. The number of amides is 2. The lowest BCUT2D eigenvalue weighted by Crippen LogP contribution is -2.24. The van der Waals surface area contributed by atoms with Crippen molar-refractivity contribution < 1.29 is 9.59 Å². The number of hydrogen-bond donors (Lipinski definition) is 0. The summed E-state index contributed by atoms with van der Waals surface area (Å²) in [7, 11) is 1.51. The van der Waals surface area contributed by atoms with E-state index in [1.807, 2.05) is 54.6 Å². The van der Waals surface area contributed by atoms with Gasteiger partial charge in [0.05, 0.1) is 39.5 Å². The van der Waals surface area contributed by atoms with Crippen LogP contribution in [0.3, 0.4) is 0 Å². The molecule has 0 N–H and O–H groups in total. The van der Waals surface area contributed by atoms with Crippen LogP contribution in [-0.4, -0.2) is 28.3 Å². The summed E-state index contributed by atoms with van der Waals surface area (Å²) in [4.78, 5) is 26.8. The van der Waals surface area contributed by atoms with Gasteiger partial charge in [-0.2, -0.15) is 5.26 Å². The Morgan fingerprint density at radius 2 is 1.48 bits per heavy atom. The third-order valence-corrected chi connectivity index (χ3v) is 6.34. The molecular weight excluding hydrogens is 410 g/mol. The number of benzene rings is 4. The van der Waals surface area contributed by atoms with Crippen LogP contribution in [0.4, 0.5) is 0 Å². The van der Waals surface area contributed by atoms with E-state index in [0.717, 1.165) is 32.9 Å². The minimum atomic E-state index is -0.297. The van der Waals surface area contributed by atoms with Gasteiger partial charge in [0.1, 0.15) is 0 Å². The molecule has 0 aliphatic carbocycles. The summed E-state index contributed by atoms with van der Waals surface area (Å²) in [5, 5.41) is 11.4. The molecule has 0 radical (unpaired) electrons.